The molecule has 1 aliphatic heterocycles. The molecule has 1 N–H and O–H groups in total. The highest BCUT2D eigenvalue weighted by molar-refractivity contribution is 7.92. The minimum atomic E-state index is -3.75. The number of amides is 1. The first-order chi connectivity index (χ1) is 15.3. The molecule has 3 aromatic carbocycles. The lowest BCUT2D eigenvalue weighted by Crippen LogP contribution is -2.41. The molecule has 0 spiro atoms. The van der Waals surface area contributed by atoms with Crippen molar-refractivity contribution in [3.8, 4) is 11.5 Å². The van der Waals surface area contributed by atoms with E-state index in [2.05, 4.69) is 4.72 Å². The van der Waals surface area contributed by atoms with Crippen molar-refractivity contribution in [2.75, 3.05) is 24.9 Å². The molecule has 4 rings (SSSR count). The summed E-state index contributed by atoms with van der Waals surface area (Å²) in [5.41, 5.74) is 1.90. The van der Waals surface area contributed by atoms with Crippen molar-refractivity contribution in [1.82, 2.24) is 4.90 Å². The molecule has 0 aliphatic carbocycles. The normalized spacial score (nSPS) is 15.1. The number of nitrogens with one attached hydrogen (secondary N) is 1. The molecule has 1 heterocycles. The van der Waals surface area contributed by atoms with Crippen LogP contribution >= 0.6 is 0 Å². The van der Waals surface area contributed by atoms with Gasteiger partial charge in [-0.15, -0.1) is 0 Å². The Labute approximate surface area is 187 Å². The quantitative estimate of drug-likeness (QED) is 0.616. The molecule has 1 unspecified atom stereocenters. The van der Waals surface area contributed by atoms with Crippen molar-refractivity contribution in [2.45, 2.75) is 17.9 Å². The molecular weight excluding hydrogens is 428 g/mol. The van der Waals surface area contributed by atoms with Crippen LogP contribution < -0.4 is 14.2 Å². The number of carbonyl (C=O) groups excluding carboxylic acids is 1. The zero-order valence-electron chi connectivity index (χ0n) is 17.8. The second kappa shape index (κ2) is 8.92. The van der Waals surface area contributed by atoms with E-state index in [9.17, 15) is 13.2 Å². The molecular formula is C24H24N2O5S. The van der Waals surface area contributed by atoms with Crippen molar-refractivity contribution in [3.05, 3.63) is 83.9 Å². The fraction of sp³-hybridized carbons (Fsp3) is 0.208. The highest BCUT2D eigenvalue weighted by Crippen LogP contribution is 2.31. The first kappa shape index (κ1) is 21.7. The molecule has 0 saturated carbocycles. The van der Waals surface area contributed by atoms with E-state index in [1.54, 1.807) is 19.2 Å². The first-order valence-corrected chi connectivity index (χ1v) is 11.6. The largest absolute Gasteiger partial charge is 0.486 e. The number of carbonyl (C=O) groups is 1. The fourth-order valence-electron chi connectivity index (χ4n) is 3.37. The Balaban J connectivity index is 1.39. The number of fused-ring (bicyclic) bond motifs is 1. The molecule has 1 aliphatic rings. The Kier molecular flexibility index (Phi) is 6.05. The molecule has 32 heavy (non-hydrogen) atoms. The minimum absolute atomic E-state index is 0.0814. The van der Waals surface area contributed by atoms with E-state index in [1.165, 1.54) is 29.2 Å². The number of rotatable bonds is 6. The van der Waals surface area contributed by atoms with E-state index in [1.807, 2.05) is 43.3 Å². The summed E-state index contributed by atoms with van der Waals surface area (Å²) in [6.07, 6.45) is -0.294. The number of hydrogen-bond acceptors (Lipinski definition) is 5. The van der Waals surface area contributed by atoms with Crippen molar-refractivity contribution >= 4 is 21.6 Å². The third-order valence-corrected chi connectivity index (χ3v) is 6.50. The number of anilines is 1. The maximum absolute atomic E-state index is 12.8. The van der Waals surface area contributed by atoms with Crippen LogP contribution in [0.15, 0.2) is 77.7 Å². The van der Waals surface area contributed by atoms with Gasteiger partial charge in [-0.2, -0.15) is 0 Å². The van der Waals surface area contributed by atoms with Crippen LogP contribution in [0.3, 0.4) is 0 Å². The molecule has 0 saturated heterocycles. The van der Waals surface area contributed by atoms with Gasteiger partial charge in [0.1, 0.15) is 6.61 Å². The Morgan fingerprint density at radius 3 is 2.34 bits per heavy atom. The van der Waals surface area contributed by atoms with Crippen LogP contribution in [-0.4, -0.2) is 45.5 Å². The van der Waals surface area contributed by atoms with Crippen LogP contribution in [0.2, 0.25) is 0 Å². The Morgan fingerprint density at radius 1 is 1.00 bits per heavy atom. The summed E-state index contributed by atoms with van der Waals surface area (Å²) in [6.45, 7) is 2.61. The zero-order chi connectivity index (χ0) is 22.7. The van der Waals surface area contributed by atoms with Gasteiger partial charge in [0.05, 0.1) is 11.4 Å². The second-order valence-electron chi connectivity index (χ2n) is 7.68. The van der Waals surface area contributed by atoms with Gasteiger partial charge in [0.25, 0.3) is 15.9 Å². The number of ether oxygens (including phenoxy) is 2. The smallest absolute Gasteiger partial charge is 0.261 e. The SMILES string of the molecule is Cc1ccc(NS(=O)(=O)c2ccc(C(=O)N(C)CC3COc4ccccc4O3)cc2)cc1. The maximum Gasteiger partial charge on any atom is 0.261 e. The summed E-state index contributed by atoms with van der Waals surface area (Å²) in [5.74, 6) is 1.11. The minimum Gasteiger partial charge on any atom is -0.486 e. The van der Waals surface area contributed by atoms with Gasteiger partial charge in [-0.25, -0.2) is 8.42 Å². The zero-order valence-corrected chi connectivity index (χ0v) is 18.6. The number of likely N-dealkylation sites (N-methyl/N-ethyl adjacent to an activating group) is 1. The number of hydrogen-bond donors (Lipinski definition) is 1. The third-order valence-electron chi connectivity index (χ3n) is 5.11. The molecule has 3 aromatic rings. The van der Waals surface area contributed by atoms with Crippen LogP contribution in [0, 0.1) is 6.92 Å². The van der Waals surface area contributed by atoms with Crippen LogP contribution in [0.1, 0.15) is 15.9 Å². The van der Waals surface area contributed by atoms with Gasteiger partial charge in [0.2, 0.25) is 0 Å². The monoisotopic (exact) mass is 452 g/mol. The summed E-state index contributed by atoms with van der Waals surface area (Å²) < 4.78 is 39.4. The average Bonchev–Trinajstić information content (AvgIpc) is 2.80. The highest BCUT2D eigenvalue weighted by atomic mass is 32.2. The third kappa shape index (κ3) is 4.86. The van der Waals surface area contributed by atoms with Crippen LogP contribution in [0.5, 0.6) is 11.5 Å². The van der Waals surface area contributed by atoms with Crippen molar-refractivity contribution in [3.63, 3.8) is 0 Å². The fourth-order valence-corrected chi connectivity index (χ4v) is 4.43. The molecule has 166 valence electrons. The molecule has 1 atom stereocenters. The Bertz CT molecular complexity index is 1210. The van der Waals surface area contributed by atoms with Gasteiger partial charge in [0.15, 0.2) is 17.6 Å². The average molecular weight is 453 g/mol. The molecule has 7 nitrogen and oxygen atoms in total. The van der Waals surface area contributed by atoms with Crippen LogP contribution in [0.25, 0.3) is 0 Å². The molecule has 0 aromatic heterocycles. The summed E-state index contributed by atoms with van der Waals surface area (Å²) in [5, 5.41) is 0. The van der Waals surface area contributed by atoms with Crippen molar-refractivity contribution in [2.24, 2.45) is 0 Å². The van der Waals surface area contributed by atoms with Crippen molar-refractivity contribution < 1.29 is 22.7 Å². The molecule has 8 heteroatoms. The highest BCUT2D eigenvalue weighted by Gasteiger charge is 2.24. The number of benzene rings is 3. The second-order valence-corrected chi connectivity index (χ2v) is 9.36. The predicted molar refractivity (Wildman–Crippen MR) is 122 cm³/mol. The Morgan fingerprint density at radius 2 is 1.66 bits per heavy atom. The molecule has 0 radical (unpaired) electrons. The standard InChI is InChI=1S/C24H24N2O5S/c1-17-7-11-19(12-8-17)25-32(28,29)21-13-9-18(10-14-21)24(27)26(2)15-20-16-30-22-5-3-4-6-23(22)31-20/h3-14,20,25H,15-16H2,1-2H3. The van der Waals surface area contributed by atoms with E-state index in [-0.39, 0.29) is 16.9 Å². The van der Waals surface area contributed by atoms with E-state index in [4.69, 9.17) is 9.47 Å². The van der Waals surface area contributed by atoms with Crippen LogP contribution in [-0.2, 0) is 10.0 Å². The number of aryl methyl sites for hydroxylation is 1. The van der Waals surface area contributed by atoms with Crippen LogP contribution in [0.4, 0.5) is 5.69 Å². The topological polar surface area (TPSA) is 84.9 Å². The van der Waals surface area contributed by atoms with Gasteiger partial charge in [-0.1, -0.05) is 29.8 Å². The van der Waals surface area contributed by atoms with Gasteiger partial charge >= 0.3 is 0 Å². The van der Waals surface area contributed by atoms with Gasteiger partial charge in [-0.3, -0.25) is 9.52 Å². The van der Waals surface area contributed by atoms with E-state index < -0.39 is 10.0 Å². The van der Waals surface area contributed by atoms with E-state index >= 15 is 0 Å². The molecule has 1 amide bonds. The lowest BCUT2D eigenvalue weighted by Gasteiger charge is -2.29. The molecule has 0 fully saturated rings. The van der Waals surface area contributed by atoms with Gasteiger partial charge in [-0.05, 0) is 55.5 Å². The van der Waals surface area contributed by atoms with E-state index in [0.717, 1.165) is 5.56 Å². The Hall–Kier alpha value is -3.52. The number of nitrogens with zero attached hydrogens (tertiary/aromatic N) is 1. The predicted octanol–water partition coefficient (Wildman–Crippen LogP) is 3.71. The summed E-state index contributed by atoms with van der Waals surface area (Å²) >= 11 is 0. The lowest BCUT2D eigenvalue weighted by atomic mass is 10.2. The summed E-state index contributed by atoms with van der Waals surface area (Å²) in [7, 11) is -2.08. The number of para-hydroxylation sites is 2. The first-order valence-electron chi connectivity index (χ1n) is 10.2. The summed E-state index contributed by atoms with van der Waals surface area (Å²) in [4.78, 5) is 14.4. The maximum atomic E-state index is 12.8. The number of sulfonamides is 1. The molecule has 0 bridgehead atoms. The summed E-state index contributed by atoms with van der Waals surface area (Å²) in [6, 6.07) is 20.3. The lowest BCUT2D eigenvalue weighted by molar-refractivity contribution is 0.0521. The van der Waals surface area contributed by atoms with Gasteiger partial charge < -0.3 is 14.4 Å². The van der Waals surface area contributed by atoms with Gasteiger partial charge in [0, 0.05) is 18.3 Å². The van der Waals surface area contributed by atoms with Crippen molar-refractivity contribution in [1.29, 1.82) is 0 Å². The van der Waals surface area contributed by atoms with E-state index in [0.29, 0.717) is 35.9 Å².